The van der Waals surface area contributed by atoms with E-state index in [1.54, 1.807) is 4.68 Å². The van der Waals surface area contributed by atoms with Crippen molar-refractivity contribution >= 4 is 23.5 Å². The van der Waals surface area contributed by atoms with Crippen molar-refractivity contribution in [3.05, 3.63) is 22.7 Å². The third-order valence-corrected chi connectivity index (χ3v) is 3.71. The number of halogens is 1. The Balaban J connectivity index is 1.74. The van der Waals surface area contributed by atoms with E-state index in [2.05, 4.69) is 30.3 Å². The number of rotatable bonds is 4. The van der Waals surface area contributed by atoms with Gasteiger partial charge in [-0.1, -0.05) is 0 Å². The highest BCUT2D eigenvalue weighted by Gasteiger charge is 2.17. The van der Waals surface area contributed by atoms with Gasteiger partial charge in [0.05, 0.1) is 5.69 Å². The third kappa shape index (κ3) is 3.24. The minimum atomic E-state index is 0.220. The number of aromatic nitrogens is 5. The van der Waals surface area contributed by atoms with Crippen LogP contribution in [0.1, 0.15) is 24.1 Å². The fourth-order valence-electron chi connectivity index (χ4n) is 2.47. The van der Waals surface area contributed by atoms with Crippen molar-refractivity contribution in [3.63, 3.8) is 0 Å². The second-order valence-corrected chi connectivity index (χ2v) is 5.53. The van der Waals surface area contributed by atoms with Crippen molar-refractivity contribution in [2.24, 2.45) is 7.05 Å². The molecule has 3 heterocycles. The van der Waals surface area contributed by atoms with Crippen LogP contribution >= 0.6 is 11.6 Å². The standard InChI is InChI=1S/C13H18ClN7/c1-9-10(8-20(2)19-9)7-15-12-16-11(14)17-13(18-12)21-5-3-4-6-21/h8H,3-7H2,1-2H3,(H,15,16,17,18). The summed E-state index contributed by atoms with van der Waals surface area (Å²) in [4.78, 5) is 14.9. The highest BCUT2D eigenvalue weighted by molar-refractivity contribution is 6.28. The van der Waals surface area contributed by atoms with E-state index < -0.39 is 0 Å². The molecule has 0 saturated carbocycles. The van der Waals surface area contributed by atoms with Gasteiger partial charge in [-0.2, -0.15) is 20.1 Å². The zero-order valence-electron chi connectivity index (χ0n) is 12.2. The molecule has 0 bridgehead atoms. The van der Waals surface area contributed by atoms with Gasteiger partial charge < -0.3 is 10.2 Å². The van der Waals surface area contributed by atoms with Crippen molar-refractivity contribution in [1.29, 1.82) is 0 Å². The van der Waals surface area contributed by atoms with Gasteiger partial charge in [0.2, 0.25) is 17.2 Å². The molecule has 2 aromatic rings. The molecule has 0 radical (unpaired) electrons. The normalized spacial score (nSPS) is 14.7. The highest BCUT2D eigenvalue weighted by Crippen LogP contribution is 2.19. The Bertz CT molecular complexity index is 633. The van der Waals surface area contributed by atoms with Crippen LogP contribution in [-0.2, 0) is 13.6 Å². The Morgan fingerprint density at radius 3 is 2.67 bits per heavy atom. The van der Waals surface area contributed by atoms with Crippen LogP contribution in [0.3, 0.4) is 0 Å². The second kappa shape index (κ2) is 5.85. The fraction of sp³-hybridized carbons (Fsp3) is 0.538. The summed E-state index contributed by atoms with van der Waals surface area (Å²) in [5, 5.41) is 7.72. The third-order valence-electron chi connectivity index (χ3n) is 3.54. The van der Waals surface area contributed by atoms with Crippen LogP contribution < -0.4 is 10.2 Å². The molecule has 0 atom stereocenters. The lowest BCUT2D eigenvalue weighted by Crippen LogP contribution is -2.21. The van der Waals surface area contributed by atoms with Crippen molar-refractivity contribution in [2.45, 2.75) is 26.3 Å². The van der Waals surface area contributed by atoms with Gasteiger partial charge in [-0.25, -0.2) is 0 Å². The summed E-state index contributed by atoms with van der Waals surface area (Å²) in [5.74, 6) is 1.15. The maximum atomic E-state index is 6.00. The van der Waals surface area contributed by atoms with Crippen LogP contribution in [0.25, 0.3) is 0 Å². The zero-order chi connectivity index (χ0) is 14.8. The second-order valence-electron chi connectivity index (χ2n) is 5.19. The smallest absolute Gasteiger partial charge is 0.231 e. The molecule has 0 amide bonds. The van der Waals surface area contributed by atoms with Gasteiger partial charge in [0.25, 0.3) is 0 Å². The van der Waals surface area contributed by atoms with Crippen LogP contribution in [0.2, 0.25) is 5.28 Å². The Labute approximate surface area is 128 Å². The molecule has 1 N–H and O–H groups in total. The molecular weight excluding hydrogens is 290 g/mol. The average molecular weight is 308 g/mol. The molecule has 3 rings (SSSR count). The van der Waals surface area contributed by atoms with E-state index >= 15 is 0 Å². The Morgan fingerprint density at radius 2 is 2.00 bits per heavy atom. The summed E-state index contributed by atoms with van der Waals surface area (Å²) in [7, 11) is 1.90. The summed E-state index contributed by atoms with van der Waals surface area (Å²) in [6, 6.07) is 0. The van der Waals surface area contributed by atoms with Gasteiger partial charge in [-0.05, 0) is 31.4 Å². The number of hydrogen-bond acceptors (Lipinski definition) is 6. The van der Waals surface area contributed by atoms with Crippen LogP contribution in [0.4, 0.5) is 11.9 Å². The average Bonchev–Trinajstić information content (AvgIpc) is 3.06. The molecule has 0 unspecified atom stereocenters. The minimum Gasteiger partial charge on any atom is -0.350 e. The number of hydrogen-bond donors (Lipinski definition) is 1. The maximum absolute atomic E-state index is 6.00. The van der Waals surface area contributed by atoms with E-state index in [1.165, 1.54) is 12.8 Å². The molecule has 1 aliphatic heterocycles. The largest absolute Gasteiger partial charge is 0.350 e. The first-order chi connectivity index (χ1) is 10.1. The molecule has 2 aromatic heterocycles. The molecule has 8 heteroatoms. The van der Waals surface area contributed by atoms with Crippen molar-refractivity contribution in [3.8, 4) is 0 Å². The van der Waals surface area contributed by atoms with Gasteiger partial charge in [-0.3, -0.25) is 4.68 Å². The Kier molecular flexibility index (Phi) is 3.92. The molecule has 1 saturated heterocycles. The van der Waals surface area contributed by atoms with Crippen molar-refractivity contribution in [2.75, 3.05) is 23.3 Å². The van der Waals surface area contributed by atoms with Gasteiger partial charge in [0, 0.05) is 38.4 Å². The van der Waals surface area contributed by atoms with E-state index in [4.69, 9.17) is 11.6 Å². The lowest BCUT2D eigenvalue weighted by molar-refractivity contribution is 0.756. The molecule has 21 heavy (non-hydrogen) atoms. The van der Waals surface area contributed by atoms with E-state index in [-0.39, 0.29) is 5.28 Å². The Morgan fingerprint density at radius 1 is 1.24 bits per heavy atom. The van der Waals surface area contributed by atoms with Crippen LogP contribution in [0, 0.1) is 6.92 Å². The quantitative estimate of drug-likeness (QED) is 0.928. The first kappa shape index (κ1) is 14.1. The molecular formula is C13H18ClN7. The lowest BCUT2D eigenvalue weighted by atomic mass is 10.3. The molecule has 0 spiro atoms. The monoisotopic (exact) mass is 307 g/mol. The SMILES string of the molecule is Cc1nn(C)cc1CNc1nc(Cl)nc(N2CCCC2)n1. The topological polar surface area (TPSA) is 71.8 Å². The summed E-state index contributed by atoms with van der Waals surface area (Å²) < 4.78 is 1.79. The minimum absolute atomic E-state index is 0.220. The predicted octanol–water partition coefficient (Wildman–Crippen LogP) is 1.78. The van der Waals surface area contributed by atoms with E-state index in [0.717, 1.165) is 24.3 Å². The molecule has 0 aromatic carbocycles. The van der Waals surface area contributed by atoms with Gasteiger partial charge >= 0.3 is 0 Å². The molecule has 1 aliphatic rings. The van der Waals surface area contributed by atoms with Crippen LogP contribution in [0.5, 0.6) is 0 Å². The van der Waals surface area contributed by atoms with Gasteiger partial charge in [0.15, 0.2) is 0 Å². The maximum Gasteiger partial charge on any atom is 0.231 e. The molecule has 7 nitrogen and oxygen atoms in total. The summed E-state index contributed by atoms with van der Waals surface area (Å²) in [6.45, 7) is 4.54. The molecule has 0 aliphatic carbocycles. The van der Waals surface area contributed by atoms with Crippen molar-refractivity contribution in [1.82, 2.24) is 24.7 Å². The molecule has 1 fully saturated rings. The summed E-state index contributed by atoms with van der Waals surface area (Å²) >= 11 is 6.00. The lowest BCUT2D eigenvalue weighted by Gasteiger charge is -2.15. The highest BCUT2D eigenvalue weighted by atomic mass is 35.5. The predicted molar refractivity (Wildman–Crippen MR) is 81.6 cm³/mol. The number of aryl methyl sites for hydroxylation is 2. The van der Waals surface area contributed by atoms with Gasteiger partial charge in [0.1, 0.15) is 0 Å². The first-order valence-electron chi connectivity index (χ1n) is 7.01. The van der Waals surface area contributed by atoms with E-state index in [9.17, 15) is 0 Å². The summed E-state index contributed by atoms with van der Waals surface area (Å²) in [6.07, 6.45) is 4.31. The number of anilines is 2. The van der Waals surface area contributed by atoms with E-state index in [1.807, 2.05) is 20.2 Å². The van der Waals surface area contributed by atoms with Crippen molar-refractivity contribution < 1.29 is 0 Å². The first-order valence-corrected chi connectivity index (χ1v) is 7.39. The van der Waals surface area contributed by atoms with E-state index in [0.29, 0.717) is 18.4 Å². The molecule has 112 valence electrons. The number of nitrogens with one attached hydrogen (secondary N) is 1. The number of nitrogens with zero attached hydrogens (tertiary/aromatic N) is 6. The fourth-order valence-corrected chi connectivity index (χ4v) is 2.63. The van der Waals surface area contributed by atoms with Crippen LogP contribution in [-0.4, -0.2) is 37.8 Å². The Hall–Kier alpha value is -1.89. The van der Waals surface area contributed by atoms with Gasteiger partial charge in [-0.15, -0.1) is 0 Å². The summed E-state index contributed by atoms with van der Waals surface area (Å²) in [5.41, 5.74) is 2.10. The van der Waals surface area contributed by atoms with Crippen LogP contribution in [0.15, 0.2) is 6.20 Å². The zero-order valence-corrected chi connectivity index (χ0v) is 12.9.